The van der Waals surface area contributed by atoms with E-state index in [9.17, 15) is 0 Å². The molecule has 92 valence electrons. The molecule has 0 saturated carbocycles. The molecule has 1 rings (SSSR count). The minimum atomic E-state index is 0. The van der Waals surface area contributed by atoms with Crippen molar-refractivity contribution in [3.8, 4) is 0 Å². The predicted octanol–water partition coefficient (Wildman–Crippen LogP) is 3.63. The minimum Gasteiger partial charge on any atom is -0.378 e. The molecular formula is C12H20Cl2N2. The fourth-order valence-corrected chi connectivity index (χ4v) is 1.88. The predicted molar refractivity (Wildman–Crippen MR) is 74.9 cm³/mol. The molecule has 4 heteroatoms. The first-order valence-corrected chi connectivity index (χ1v) is 5.66. The van der Waals surface area contributed by atoms with E-state index in [-0.39, 0.29) is 18.4 Å². The highest BCUT2D eigenvalue weighted by atomic mass is 35.5. The lowest BCUT2D eigenvalue weighted by molar-refractivity contribution is 0.638. The molecule has 2 nitrogen and oxygen atoms in total. The molecule has 0 aliphatic carbocycles. The van der Waals surface area contributed by atoms with E-state index in [1.807, 2.05) is 31.1 Å². The summed E-state index contributed by atoms with van der Waals surface area (Å²) in [5.41, 5.74) is 8.18. The molecule has 0 spiro atoms. The van der Waals surface area contributed by atoms with Crippen molar-refractivity contribution in [2.75, 3.05) is 19.0 Å². The van der Waals surface area contributed by atoms with E-state index in [0.29, 0.717) is 0 Å². The van der Waals surface area contributed by atoms with Gasteiger partial charge in [-0.2, -0.15) is 0 Å². The second kappa shape index (κ2) is 7.00. The maximum atomic E-state index is 6.20. The van der Waals surface area contributed by atoms with Crippen molar-refractivity contribution in [1.29, 1.82) is 0 Å². The first kappa shape index (κ1) is 15.6. The summed E-state index contributed by atoms with van der Waals surface area (Å²) in [5.74, 6) is 0. The Hall–Kier alpha value is -0.440. The van der Waals surface area contributed by atoms with Crippen molar-refractivity contribution < 1.29 is 0 Å². The maximum Gasteiger partial charge on any atom is 0.0474 e. The van der Waals surface area contributed by atoms with Gasteiger partial charge in [0, 0.05) is 30.8 Å². The summed E-state index contributed by atoms with van der Waals surface area (Å²) in [6.07, 6.45) is 2.05. The van der Waals surface area contributed by atoms with E-state index in [1.54, 1.807) is 0 Å². The van der Waals surface area contributed by atoms with Gasteiger partial charge in [0.15, 0.2) is 0 Å². The van der Waals surface area contributed by atoms with E-state index in [1.165, 1.54) is 0 Å². The van der Waals surface area contributed by atoms with Crippen LogP contribution in [0.3, 0.4) is 0 Å². The molecule has 0 fully saturated rings. The number of nitrogens with zero attached hydrogens (tertiary/aromatic N) is 1. The Morgan fingerprint density at radius 1 is 1.38 bits per heavy atom. The highest BCUT2D eigenvalue weighted by molar-refractivity contribution is 6.31. The van der Waals surface area contributed by atoms with Crippen LogP contribution in [0.15, 0.2) is 18.2 Å². The summed E-state index contributed by atoms with van der Waals surface area (Å²) in [7, 11) is 3.99. The molecule has 0 saturated heterocycles. The molecule has 1 aromatic rings. The Kier molecular flexibility index (Phi) is 6.81. The van der Waals surface area contributed by atoms with Crippen LogP contribution in [0.2, 0.25) is 5.02 Å². The van der Waals surface area contributed by atoms with Gasteiger partial charge in [-0.15, -0.1) is 12.4 Å². The number of anilines is 1. The second-order valence-electron chi connectivity index (χ2n) is 4.00. The van der Waals surface area contributed by atoms with E-state index < -0.39 is 0 Å². The summed E-state index contributed by atoms with van der Waals surface area (Å²) < 4.78 is 0. The topological polar surface area (TPSA) is 29.3 Å². The van der Waals surface area contributed by atoms with Gasteiger partial charge in [-0.05, 0) is 24.1 Å². The zero-order valence-corrected chi connectivity index (χ0v) is 11.6. The van der Waals surface area contributed by atoms with Crippen molar-refractivity contribution in [1.82, 2.24) is 0 Å². The smallest absolute Gasteiger partial charge is 0.0474 e. The average molecular weight is 263 g/mol. The van der Waals surface area contributed by atoms with E-state index in [0.717, 1.165) is 29.1 Å². The Morgan fingerprint density at radius 2 is 2.00 bits per heavy atom. The van der Waals surface area contributed by atoms with Gasteiger partial charge in [0.1, 0.15) is 0 Å². The number of benzene rings is 1. The minimum absolute atomic E-state index is 0. The van der Waals surface area contributed by atoms with E-state index in [4.69, 9.17) is 17.3 Å². The third-order valence-electron chi connectivity index (χ3n) is 2.50. The van der Waals surface area contributed by atoms with Crippen LogP contribution >= 0.6 is 24.0 Å². The van der Waals surface area contributed by atoms with Gasteiger partial charge in [-0.3, -0.25) is 0 Å². The molecule has 1 atom stereocenters. The molecule has 0 aliphatic rings. The number of rotatable bonds is 4. The zero-order valence-electron chi connectivity index (χ0n) is 10.0. The summed E-state index contributed by atoms with van der Waals surface area (Å²) in [6.45, 7) is 2.13. The lowest BCUT2D eigenvalue weighted by Crippen LogP contribution is -2.12. The van der Waals surface area contributed by atoms with Gasteiger partial charge in [0.05, 0.1) is 0 Å². The monoisotopic (exact) mass is 262 g/mol. The summed E-state index contributed by atoms with van der Waals surface area (Å²) >= 11 is 6.20. The Labute approximate surface area is 109 Å². The molecule has 1 aromatic carbocycles. The molecule has 2 N–H and O–H groups in total. The molecule has 0 radical (unpaired) electrons. The van der Waals surface area contributed by atoms with E-state index in [2.05, 4.69) is 13.0 Å². The quantitative estimate of drug-likeness (QED) is 0.898. The van der Waals surface area contributed by atoms with Crippen LogP contribution in [0.5, 0.6) is 0 Å². The number of nitrogens with two attached hydrogens (primary N) is 1. The van der Waals surface area contributed by atoms with Gasteiger partial charge >= 0.3 is 0 Å². The first-order valence-electron chi connectivity index (χ1n) is 5.28. The van der Waals surface area contributed by atoms with Crippen LogP contribution in [-0.4, -0.2) is 14.1 Å². The molecule has 0 unspecified atom stereocenters. The second-order valence-corrected chi connectivity index (χ2v) is 4.40. The summed E-state index contributed by atoms with van der Waals surface area (Å²) in [5, 5.41) is 0.766. The summed E-state index contributed by atoms with van der Waals surface area (Å²) in [4.78, 5) is 2.03. The molecule has 0 bridgehead atoms. The van der Waals surface area contributed by atoms with Crippen LogP contribution in [0.4, 0.5) is 5.69 Å². The summed E-state index contributed by atoms with van der Waals surface area (Å²) in [6, 6.07) is 6.10. The van der Waals surface area contributed by atoms with Gasteiger partial charge < -0.3 is 10.6 Å². The third-order valence-corrected chi connectivity index (χ3v) is 2.83. The van der Waals surface area contributed by atoms with Crippen molar-refractivity contribution in [2.45, 2.75) is 25.8 Å². The molecule has 0 heterocycles. The lowest BCUT2D eigenvalue weighted by atomic mass is 10.0. The highest BCUT2D eigenvalue weighted by Crippen LogP contribution is 2.28. The van der Waals surface area contributed by atoms with Gasteiger partial charge in [0.2, 0.25) is 0 Å². The highest BCUT2D eigenvalue weighted by Gasteiger charge is 2.10. The maximum absolute atomic E-state index is 6.20. The molecule has 0 aromatic heterocycles. The van der Waals surface area contributed by atoms with Gasteiger partial charge in [0.25, 0.3) is 0 Å². The van der Waals surface area contributed by atoms with Gasteiger partial charge in [-0.25, -0.2) is 0 Å². The van der Waals surface area contributed by atoms with E-state index >= 15 is 0 Å². The van der Waals surface area contributed by atoms with Crippen LogP contribution in [0, 0.1) is 0 Å². The SMILES string of the molecule is CCC[C@H](N)c1ccc(N(C)C)cc1Cl.Cl. The molecule has 0 aliphatic heterocycles. The normalized spacial score (nSPS) is 11.8. The average Bonchev–Trinajstić information content (AvgIpc) is 2.17. The Balaban J connectivity index is 0.00000225. The fourth-order valence-electron chi connectivity index (χ4n) is 1.56. The third kappa shape index (κ3) is 3.85. The first-order chi connectivity index (χ1) is 7.06. The number of halogens is 2. The zero-order chi connectivity index (χ0) is 11.4. The van der Waals surface area contributed by atoms with Crippen molar-refractivity contribution in [2.24, 2.45) is 5.73 Å². The van der Waals surface area contributed by atoms with Gasteiger partial charge in [-0.1, -0.05) is 31.0 Å². The van der Waals surface area contributed by atoms with Crippen LogP contribution < -0.4 is 10.6 Å². The number of hydrogen-bond acceptors (Lipinski definition) is 2. The standard InChI is InChI=1S/C12H19ClN2.ClH/c1-4-5-12(14)10-7-6-9(15(2)3)8-11(10)13;/h6-8,12H,4-5,14H2,1-3H3;1H/t12-;/m0./s1. The molecule has 0 amide bonds. The Bertz CT molecular complexity index is 327. The van der Waals surface area contributed by atoms with Crippen molar-refractivity contribution in [3.63, 3.8) is 0 Å². The Morgan fingerprint density at radius 3 is 2.44 bits per heavy atom. The largest absolute Gasteiger partial charge is 0.378 e. The lowest BCUT2D eigenvalue weighted by Gasteiger charge is -2.17. The van der Waals surface area contributed by atoms with Crippen molar-refractivity contribution in [3.05, 3.63) is 28.8 Å². The molecule has 16 heavy (non-hydrogen) atoms. The van der Waals surface area contributed by atoms with Crippen LogP contribution in [0.1, 0.15) is 31.4 Å². The van der Waals surface area contributed by atoms with Crippen LogP contribution in [-0.2, 0) is 0 Å². The fraction of sp³-hybridized carbons (Fsp3) is 0.500. The molecular weight excluding hydrogens is 243 g/mol. The van der Waals surface area contributed by atoms with Crippen LogP contribution in [0.25, 0.3) is 0 Å². The number of hydrogen-bond donors (Lipinski definition) is 1. The van der Waals surface area contributed by atoms with Crippen molar-refractivity contribution >= 4 is 29.7 Å².